The summed E-state index contributed by atoms with van der Waals surface area (Å²) in [6, 6.07) is 7.01. The molecule has 0 aliphatic carbocycles. The number of Topliss-reactive ketones (excluding diaryl/α,β-unsaturated/α-hetero) is 1. The van der Waals surface area contributed by atoms with Gasteiger partial charge >= 0.3 is 5.97 Å². The highest BCUT2D eigenvalue weighted by atomic mass is 35.5. The normalized spacial score (nSPS) is 18.5. The van der Waals surface area contributed by atoms with Gasteiger partial charge in [-0.1, -0.05) is 12.1 Å². The second kappa shape index (κ2) is 11.2. The van der Waals surface area contributed by atoms with E-state index in [0.717, 1.165) is 19.4 Å². The van der Waals surface area contributed by atoms with Crippen LogP contribution in [0.15, 0.2) is 24.3 Å². The SMILES string of the molecule is CCOC(=O)C1CCCN(CC(O)COc2ccccc2C(C)=O)C1.[Cl-]. The van der Waals surface area contributed by atoms with Crippen molar-refractivity contribution in [2.45, 2.75) is 32.8 Å². The summed E-state index contributed by atoms with van der Waals surface area (Å²) in [4.78, 5) is 25.5. The van der Waals surface area contributed by atoms with Gasteiger partial charge in [-0.15, -0.1) is 0 Å². The Balaban J connectivity index is 0.00000338. The number of hydrogen-bond donors (Lipinski definition) is 1. The van der Waals surface area contributed by atoms with E-state index in [1.165, 1.54) is 6.92 Å². The number of β-amino-alcohol motifs (C(OH)–C–C–N with tert-alkyl or cyclic N) is 1. The maximum atomic E-state index is 11.9. The first-order chi connectivity index (χ1) is 12.0. The number of nitrogens with zero attached hydrogens (tertiary/aromatic N) is 1. The molecule has 0 saturated carbocycles. The first-order valence-electron chi connectivity index (χ1n) is 8.81. The maximum absolute atomic E-state index is 11.9. The lowest BCUT2D eigenvalue weighted by molar-refractivity contribution is -0.150. The Kier molecular flexibility index (Phi) is 9.62. The highest BCUT2D eigenvalue weighted by Gasteiger charge is 2.27. The van der Waals surface area contributed by atoms with Gasteiger partial charge in [0, 0.05) is 13.1 Å². The third kappa shape index (κ3) is 6.59. The molecule has 0 spiro atoms. The van der Waals surface area contributed by atoms with Crippen molar-refractivity contribution in [2.75, 3.05) is 32.8 Å². The van der Waals surface area contributed by atoms with Crippen molar-refractivity contribution in [3.8, 4) is 5.75 Å². The molecule has 1 saturated heterocycles. The fraction of sp³-hybridized carbons (Fsp3) is 0.579. The largest absolute Gasteiger partial charge is 1.00 e. The zero-order valence-electron chi connectivity index (χ0n) is 15.3. The Hall–Kier alpha value is -1.63. The molecule has 1 aromatic rings. The first-order valence-corrected chi connectivity index (χ1v) is 8.81. The number of hydrogen-bond acceptors (Lipinski definition) is 6. The predicted octanol–water partition coefficient (Wildman–Crippen LogP) is -1.09. The van der Waals surface area contributed by atoms with E-state index in [9.17, 15) is 14.7 Å². The number of carbonyl (C=O) groups excluding carboxylic acids is 2. The number of ether oxygens (including phenoxy) is 2. The van der Waals surface area contributed by atoms with Gasteiger partial charge in [-0.05, 0) is 45.4 Å². The molecule has 1 fully saturated rings. The monoisotopic (exact) mass is 384 g/mol. The number of benzene rings is 1. The van der Waals surface area contributed by atoms with Gasteiger partial charge in [0.1, 0.15) is 18.5 Å². The van der Waals surface area contributed by atoms with Gasteiger partial charge < -0.3 is 27.0 Å². The fourth-order valence-electron chi connectivity index (χ4n) is 3.09. The van der Waals surface area contributed by atoms with Gasteiger partial charge in [0.25, 0.3) is 0 Å². The minimum Gasteiger partial charge on any atom is -1.00 e. The molecule has 26 heavy (non-hydrogen) atoms. The Morgan fingerprint density at radius 2 is 2.08 bits per heavy atom. The Labute approximate surface area is 160 Å². The average molecular weight is 385 g/mol. The molecule has 0 bridgehead atoms. The lowest BCUT2D eigenvalue weighted by atomic mass is 9.98. The first kappa shape index (κ1) is 22.4. The van der Waals surface area contributed by atoms with Crippen LogP contribution >= 0.6 is 0 Å². The fourth-order valence-corrected chi connectivity index (χ4v) is 3.09. The summed E-state index contributed by atoms with van der Waals surface area (Å²) in [6.07, 6.45) is 1.04. The van der Waals surface area contributed by atoms with E-state index in [4.69, 9.17) is 9.47 Å². The molecule has 2 unspecified atom stereocenters. The number of rotatable bonds is 8. The van der Waals surface area contributed by atoms with Gasteiger partial charge in [0.2, 0.25) is 0 Å². The van der Waals surface area contributed by atoms with E-state index < -0.39 is 6.10 Å². The Morgan fingerprint density at radius 3 is 2.77 bits per heavy atom. The molecule has 7 heteroatoms. The lowest BCUT2D eigenvalue weighted by Crippen LogP contribution is -3.00. The molecular weight excluding hydrogens is 358 g/mol. The molecular formula is C19H27ClNO5-. The number of halogens is 1. The summed E-state index contributed by atoms with van der Waals surface area (Å²) in [7, 11) is 0. The van der Waals surface area contributed by atoms with Crippen LogP contribution in [0, 0.1) is 5.92 Å². The molecule has 2 rings (SSSR count). The zero-order chi connectivity index (χ0) is 18.2. The molecule has 0 aromatic heterocycles. The van der Waals surface area contributed by atoms with E-state index in [2.05, 4.69) is 4.90 Å². The highest BCUT2D eigenvalue weighted by molar-refractivity contribution is 5.96. The summed E-state index contributed by atoms with van der Waals surface area (Å²) in [5.41, 5.74) is 0.509. The minimum absolute atomic E-state index is 0. The molecule has 0 amide bonds. The number of likely N-dealkylation sites (tertiary alicyclic amines) is 1. The van der Waals surface area contributed by atoms with Crippen LogP contribution in [-0.4, -0.2) is 60.7 Å². The molecule has 0 radical (unpaired) electrons. The van der Waals surface area contributed by atoms with Crippen molar-refractivity contribution in [3.63, 3.8) is 0 Å². The Bertz CT molecular complexity index is 595. The van der Waals surface area contributed by atoms with Crippen LogP contribution in [0.25, 0.3) is 0 Å². The molecule has 1 N–H and O–H groups in total. The number of aliphatic hydroxyl groups is 1. The van der Waals surface area contributed by atoms with Crippen LogP contribution in [-0.2, 0) is 9.53 Å². The lowest BCUT2D eigenvalue weighted by Gasteiger charge is -2.32. The molecule has 1 heterocycles. The maximum Gasteiger partial charge on any atom is 0.310 e. The van der Waals surface area contributed by atoms with Gasteiger partial charge in [0.15, 0.2) is 5.78 Å². The van der Waals surface area contributed by atoms with Crippen molar-refractivity contribution in [3.05, 3.63) is 29.8 Å². The Morgan fingerprint density at radius 1 is 1.35 bits per heavy atom. The third-order valence-corrected chi connectivity index (χ3v) is 4.29. The molecule has 6 nitrogen and oxygen atoms in total. The molecule has 1 aliphatic heterocycles. The number of aliphatic hydroxyl groups excluding tert-OH is 1. The molecule has 1 aliphatic rings. The summed E-state index contributed by atoms with van der Waals surface area (Å²) < 4.78 is 10.7. The van der Waals surface area contributed by atoms with Crippen LogP contribution in [0.2, 0.25) is 0 Å². The van der Waals surface area contributed by atoms with Crippen LogP contribution in [0.5, 0.6) is 5.75 Å². The average Bonchev–Trinajstić information content (AvgIpc) is 2.60. The number of ketones is 1. The van der Waals surface area contributed by atoms with Crippen LogP contribution in [0.1, 0.15) is 37.0 Å². The van der Waals surface area contributed by atoms with Crippen molar-refractivity contribution in [1.29, 1.82) is 0 Å². The van der Waals surface area contributed by atoms with Crippen molar-refractivity contribution in [2.24, 2.45) is 5.92 Å². The summed E-state index contributed by atoms with van der Waals surface area (Å²) in [5.74, 6) is 0.129. The topological polar surface area (TPSA) is 76.1 Å². The number of esters is 1. The quantitative estimate of drug-likeness (QED) is 0.453. The molecule has 1 aromatic carbocycles. The highest BCUT2D eigenvalue weighted by Crippen LogP contribution is 2.20. The number of piperidine rings is 1. The smallest absolute Gasteiger partial charge is 0.310 e. The van der Waals surface area contributed by atoms with Crippen LogP contribution in [0.4, 0.5) is 0 Å². The number of para-hydroxylation sites is 1. The third-order valence-electron chi connectivity index (χ3n) is 4.29. The van der Waals surface area contributed by atoms with Gasteiger partial charge in [-0.25, -0.2) is 0 Å². The zero-order valence-corrected chi connectivity index (χ0v) is 16.1. The second-order valence-electron chi connectivity index (χ2n) is 6.37. The standard InChI is InChI=1S/C19H27NO5.ClH/c1-3-24-19(23)15-7-6-10-20(11-15)12-16(22)13-25-18-9-5-4-8-17(18)14(2)21;/h4-5,8-9,15-16,22H,3,6-7,10-13H2,1-2H3;1H/p-1. The van der Waals surface area contributed by atoms with E-state index in [0.29, 0.717) is 31.0 Å². The number of carbonyl (C=O) groups is 2. The van der Waals surface area contributed by atoms with Gasteiger partial charge in [0.05, 0.1) is 18.1 Å². The molecule has 146 valence electrons. The summed E-state index contributed by atoms with van der Waals surface area (Å²) >= 11 is 0. The van der Waals surface area contributed by atoms with Crippen LogP contribution < -0.4 is 17.1 Å². The van der Waals surface area contributed by atoms with Gasteiger partial charge in [-0.3, -0.25) is 14.5 Å². The van der Waals surface area contributed by atoms with E-state index >= 15 is 0 Å². The molecule has 2 atom stereocenters. The van der Waals surface area contributed by atoms with Crippen molar-refractivity contribution in [1.82, 2.24) is 4.90 Å². The minimum atomic E-state index is -0.694. The summed E-state index contributed by atoms with van der Waals surface area (Å²) in [6.45, 7) is 5.65. The van der Waals surface area contributed by atoms with Crippen molar-refractivity contribution < 1.29 is 36.6 Å². The van der Waals surface area contributed by atoms with E-state index in [1.54, 1.807) is 31.2 Å². The van der Waals surface area contributed by atoms with Gasteiger partial charge in [-0.2, -0.15) is 0 Å². The van der Waals surface area contributed by atoms with Crippen LogP contribution in [0.3, 0.4) is 0 Å². The predicted molar refractivity (Wildman–Crippen MR) is 93.7 cm³/mol. The second-order valence-corrected chi connectivity index (χ2v) is 6.37. The van der Waals surface area contributed by atoms with E-state index in [1.807, 2.05) is 0 Å². The van der Waals surface area contributed by atoms with E-state index in [-0.39, 0.29) is 36.7 Å². The summed E-state index contributed by atoms with van der Waals surface area (Å²) in [5, 5.41) is 10.3. The van der Waals surface area contributed by atoms with Crippen molar-refractivity contribution >= 4 is 11.8 Å².